The van der Waals surface area contributed by atoms with Crippen molar-refractivity contribution in [2.24, 2.45) is 5.41 Å². The van der Waals surface area contributed by atoms with Crippen LogP contribution in [0.25, 0.3) is 0 Å². The lowest BCUT2D eigenvalue weighted by atomic mass is 9.96. The smallest absolute Gasteiger partial charge is 0.221 e. The molecule has 0 aromatic carbocycles. The highest BCUT2D eigenvalue weighted by atomic mass is 35.5. The molecule has 0 heterocycles. The molecule has 0 rings (SSSR count). The lowest BCUT2D eigenvalue weighted by Gasteiger charge is -2.15. The van der Waals surface area contributed by atoms with Crippen LogP contribution in [0.3, 0.4) is 0 Å². The van der Waals surface area contributed by atoms with Crippen LogP contribution in [0.5, 0.6) is 0 Å². The summed E-state index contributed by atoms with van der Waals surface area (Å²) in [4.78, 5) is 10.9. The molecule has 0 radical (unpaired) electrons. The predicted molar refractivity (Wildman–Crippen MR) is 47.7 cm³/mol. The minimum atomic E-state index is -0.498. The van der Waals surface area contributed by atoms with Gasteiger partial charge in [0.15, 0.2) is 0 Å². The molecule has 68 valence electrons. The van der Waals surface area contributed by atoms with Crippen molar-refractivity contribution in [3.05, 3.63) is 0 Å². The first-order chi connectivity index (χ1) is 5.52. The van der Waals surface area contributed by atoms with E-state index in [1.165, 1.54) is 0 Å². The Balaban J connectivity index is 3.70. The van der Waals surface area contributed by atoms with E-state index in [0.29, 0.717) is 18.8 Å². The van der Waals surface area contributed by atoms with Gasteiger partial charge in [-0.3, -0.25) is 4.79 Å². The lowest BCUT2D eigenvalue weighted by Crippen LogP contribution is -2.33. The third-order valence-electron chi connectivity index (χ3n) is 1.35. The molecule has 0 bridgehead atoms. The molecule has 4 heteroatoms. The Morgan fingerprint density at radius 2 is 2.25 bits per heavy atom. The Kier molecular flexibility index (Phi) is 4.68. The fraction of sp³-hybridized carbons (Fsp3) is 0.750. The number of alkyl halides is 1. The number of nitrogens with zero attached hydrogens (tertiary/aromatic N) is 1. The Bertz CT molecular complexity index is 196. The zero-order valence-corrected chi connectivity index (χ0v) is 8.11. The third kappa shape index (κ3) is 4.97. The summed E-state index contributed by atoms with van der Waals surface area (Å²) in [5, 5.41) is 11.2. The van der Waals surface area contributed by atoms with Crippen LogP contribution in [0, 0.1) is 16.7 Å². The van der Waals surface area contributed by atoms with E-state index in [-0.39, 0.29) is 5.91 Å². The van der Waals surface area contributed by atoms with Crippen molar-refractivity contribution in [3.63, 3.8) is 0 Å². The second-order valence-corrected chi connectivity index (χ2v) is 3.59. The highest BCUT2D eigenvalue weighted by molar-refractivity contribution is 6.18. The van der Waals surface area contributed by atoms with Gasteiger partial charge in [-0.15, -0.1) is 11.6 Å². The van der Waals surface area contributed by atoms with Gasteiger partial charge >= 0.3 is 0 Å². The van der Waals surface area contributed by atoms with Gasteiger partial charge in [-0.1, -0.05) is 0 Å². The van der Waals surface area contributed by atoms with Crippen LogP contribution in [-0.4, -0.2) is 18.3 Å². The first-order valence-electron chi connectivity index (χ1n) is 3.76. The summed E-state index contributed by atoms with van der Waals surface area (Å²) in [6.45, 7) is 3.92. The van der Waals surface area contributed by atoms with Crippen LogP contribution in [0.2, 0.25) is 0 Å². The molecule has 0 fully saturated rings. The van der Waals surface area contributed by atoms with E-state index < -0.39 is 5.41 Å². The molecular formula is C8H13ClN2O. The average Bonchev–Trinajstić information content (AvgIpc) is 2.02. The van der Waals surface area contributed by atoms with Crippen LogP contribution in [0.15, 0.2) is 0 Å². The van der Waals surface area contributed by atoms with Crippen molar-refractivity contribution >= 4 is 17.5 Å². The SMILES string of the molecule is CC(C)(C#N)CNC(=O)CCCl. The van der Waals surface area contributed by atoms with Crippen molar-refractivity contribution in [2.75, 3.05) is 12.4 Å². The molecule has 1 amide bonds. The van der Waals surface area contributed by atoms with Gasteiger partial charge in [0.1, 0.15) is 0 Å². The summed E-state index contributed by atoms with van der Waals surface area (Å²) < 4.78 is 0. The maximum atomic E-state index is 10.9. The van der Waals surface area contributed by atoms with E-state index in [9.17, 15) is 4.79 Å². The van der Waals surface area contributed by atoms with E-state index in [0.717, 1.165) is 0 Å². The van der Waals surface area contributed by atoms with E-state index in [1.807, 2.05) is 0 Å². The van der Waals surface area contributed by atoms with Crippen LogP contribution >= 0.6 is 11.6 Å². The zero-order valence-electron chi connectivity index (χ0n) is 7.35. The van der Waals surface area contributed by atoms with Crippen molar-refractivity contribution in [1.29, 1.82) is 5.26 Å². The van der Waals surface area contributed by atoms with E-state index in [2.05, 4.69) is 11.4 Å². The molecule has 0 atom stereocenters. The summed E-state index contributed by atoms with van der Waals surface area (Å²) in [6.07, 6.45) is 0.309. The number of nitrogens with one attached hydrogen (secondary N) is 1. The van der Waals surface area contributed by atoms with Crippen molar-refractivity contribution in [3.8, 4) is 6.07 Å². The number of nitriles is 1. The van der Waals surface area contributed by atoms with Crippen LogP contribution in [0.1, 0.15) is 20.3 Å². The van der Waals surface area contributed by atoms with Gasteiger partial charge < -0.3 is 5.32 Å². The Morgan fingerprint density at radius 3 is 2.67 bits per heavy atom. The molecule has 3 nitrogen and oxygen atoms in total. The molecule has 0 spiro atoms. The van der Waals surface area contributed by atoms with Crippen molar-refractivity contribution in [1.82, 2.24) is 5.32 Å². The van der Waals surface area contributed by atoms with Gasteiger partial charge in [0, 0.05) is 18.8 Å². The van der Waals surface area contributed by atoms with Crippen LogP contribution in [-0.2, 0) is 4.79 Å². The number of rotatable bonds is 4. The van der Waals surface area contributed by atoms with E-state index >= 15 is 0 Å². The molecule has 0 aliphatic carbocycles. The Morgan fingerprint density at radius 1 is 1.67 bits per heavy atom. The summed E-state index contributed by atoms with van der Waals surface area (Å²) in [5.74, 6) is 0.215. The zero-order chi connectivity index (χ0) is 9.61. The van der Waals surface area contributed by atoms with Gasteiger partial charge in [-0.25, -0.2) is 0 Å². The first kappa shape index (κ1) is 11.2. The summed E-state index contributed by atoms with van der Waals surface area (Å²) in [5.41, 5.74) is -0.498. The number of carbonyl (C=O) groups excluding carboxylic acids is 1. The topological polar surface area (TPSA) is 52.9 Å². The monoisotopic (exact) mass is 188 g/mol. The van der Waals surface area contributed by atoms with Crippen LogP contribution in [0.4, 0.5) is 0 Å². The molecule has 0 aromatic rings. The predicted octanol–water partition coefficient (Wildman–Crippen LogP) is 1.28. The average molecular weight is 189 g/mol. The second kappa shape index (κ2) is 5.00. The fourth-order valence-corrected chi connectivity index (χ4v) is 0.705. The summed E-state index contributed by atoms with van der Waals surface area (Å²) in [7, 11) is 0. The lowest BCUT2D eigenvalue weighted by molar-refractivity contribution is -0.120. The molecule has 1 N–H and O–H groups in total. The molecule has 0 unspecified atom stereocenters. The van der Waals surface area contributed by atoms with Crippen LogP contribution < -0.4 is 5.32 Å². The second-order valence-electron chi connectivity index (χ2n) is 3.21. The number of amides is 1. The largest absolute Gasteiger partial charge is 0.354 e. The number of halogens is 1. The standard InChI is InChI=1S/C8H13ClN2O/c1-8(2,5-10)6-11-7(12)3-4-9/h3-4,6H2,1-2H3,(H,11,12). The molecule has 12 heavy (non-hydrogen) atoms. The molecule has 0 aliphatic rings. The quantitative estimate of drug-likeness (QED) is 0.676. The fourth-order valence-electron chi connectivity index (χ4n) is 0.533. The third-order valence-corrected chi connectivity index (χ3v) is 1.54. The molecular weight excluding hydrogens is 176 g/mol. The highest BCUT2D eigenvalue weighted by Gasteiger charge is 2.16. The van der Waals surface area contributed by atoms with Crippen molar-refractivity contribution in [2.45, 2.75) is 20.3 Å². The summed E-state index contributed by atoms with van der Waals surface area (Å²) in [6, 6.07) is 2.09. The maximum absolute atomic E-state index is 10.9. The van der Waals surface area contributed by atoms with Crippen molar-refractivity contribution < 1.29 is 4.79 Å². The number of hydrogen-bond acceptors (Lipinski definition) is 2. The van der Waals surface area contributed by atoms with Gasteiger partial charge in [-0.2, -0.15) is 5.26 Å². The number of carbonyl (C=O) groups is 1. The first-order valence-corrected chi connectivity index (χ1v) is 4.29. The van der Waals surface area contributed by atoms with Gasteiger partial charge in [0.2, 0.25) is 5.91 Å². The normalized spacial score (nSPS) is 10.5. The molecule has 0 aromatic heterocycles. The van der Waals surface area contributed by atoms with E-state index in [4.69, 9.17) is 16.9 Å². The molecule has 0 saturated heterocycles. The summed E-state index contributed by atoms with van der Waals surface area (Å²) >= 11 is 5.35. The number of hydrogen-bond donors (Lipinski definition) is 1. The van der Waals surface area contributed by atoms with Gasteiger partial charge in [-0.05, 0) is 13.8 Å². The minimum absolute atomic E-state index is 0.103. The Labute approximate surface area is 77.7 Å². The van der Waals surface area contributed by atoms with Gasteiger partial charge in [0.25, 0.3) is 0 Å². The highest BCUT2D eigenvalue weighted by Crippen LogP contribution is 2.10. The Hall–Kier alpha value is -0.750. The molecule has 0 aliphatic heterocycles. The maximum Gasteiger partial charge on any atom is 0.221 e. The minimum Gasteiger partial charge on any atom is -0.354 e. The van der Waals surface area contributed by atoms with E-state index in [1.54, 1.807) is 13.8 Å². The molecule has 0 saturated carbocycles. The van der Waals surface area contributed by atoms with Gasteiger partial charge in [0.05, 0.1) is 11.5 Å².